The molecule has 0 N–H and O–H groups in total. The van der Waals surface area contributed by atoms with Gasteiger partial charge in [0, 0.05) is 74.2 Å². The average molecular weight is 385 g/mol. The molecular formula is Cl2LaOTb. The molecule has 0 bridgehead atoms. The molecular weight excluding hydrogens is 385 g/mol. The van der Waals surface area contributed by atoms with Gasteiger partial charge in [-0.2, -0.15) is 3.84 Å². The van der Waals surface area contributed by atoms with Crippen molar-refractivity contribution in [2.45, 2.75) is 0 Å². The molecule has 0 aliphatic heterocycles. The van der Waals surface area contributed by atoms with Crippen molar-refractivity contribution in [3.05, 3.63) is 0 Å². The smallest absolute Gasteiger partial charge is 0.0832 e. The van der Waals surface area contributed by atoms with E-state index in [0.717, 1.165) is 0 Å². The summed E-state index contributed by atoms with van der Waals surface area (Å²) in [5, 5.41) is 0. The van der Waals surface area contributed by atoms with E-state index in [0.29, 0.717) is 0 Å². The molecule has 0 amide bonds. The van der Waals surface area contributed by atoms with Crippen molar-refractivity contribution in [1.82, 2.24) is 0 Å². The minimum Gasteiger partial charge on any atom is -0.166 e. The predicted octanol–water partition coefficient (Wildman–Crippen LogP) is 1.31. The van der Waals surface area contributed by atoms with Crippen molar-refractivity contribution in [1.29, 1.82) is 0 Å². The van der Waals surface area contributed by atoms with Crippen molar-refractivity contribution in [2.24, 2.45) is 0 Å². The van der Waals surface area contributed by atoms with Gasteiger partial charge in [0.1, 0.15) is 0 Å². The van der Waals surface area contributed by atoms with E-state index < -0.39 is 0 Å². The van der Waals surface area contributed by atoms with E-state index in [1.807, 2.05) is 0 Å². The topological polar surface area (TPSA) is 9.23 Å². The Labute approximate surface area is 99.5 Å². The van der Waals surface area contributed by atoms with E-state index in [2.05, 4.69) is 27.6 Å². The van der Waals surface area contributed by atoms with Gasteiger partial charge in [-0.3, -0.25) is 0 Å². The van der Waals surface area contributed by atoms with Crippen LogP contribution < -0.4 is 0 Å². The second-order valence-electron chi connectivity index (χ2n) is 0.0583. The van der Waals surface area contributed by atoms with Gasteiger partial charge in [-0.1, -0.05) is 0 Å². The van der Waals surface area contributed by atoms with E-state index in [9.17, 15) is 0 Å². The van der Waals surface area contributed by atoms with E-state index in [1.165, 1.54) is 0 Å². The molecule has 0 aromatic heterocycles. The summed E-state index contributed by atoms with van der Waals surface area (Å²) in [6.45, 7) is 0. The zero-order valence-corrected chi connectivity index (χ0v) is 9.35. The van der Waals surface area contributed by atoms with Gasteiger partial charge in [0.25, 0.3) is 0 Å². The predicted molar refractivity (Wildman–Crippen MR) is 12.8 cm³/mol. The van der Waals surface area contributed by atoms with Crippen LogP contribution in [0.25, 0.3) is 0 Å². The zero-order valence-electron chi connectivity index (χ0n) is 2.07. The van der Waals surface area contributed by atoms with Crippen LogP contribution in [0, 0.1) is 74.2 Å². The Balaban J connectivity index is -0.0000000200. The van der Waals surface area contributed by atoms with Gasteiger partial charge in [0.2, 0.25) is 0 Å². The molecule has 0 aliphatic rings. The van der Waals surface area contributed by atoms with Crippen LogP contribution in [0.15, 0.2) is 0 Å². The van der Waals surface area contributed by atoms with E-state index in [4.69, 9.17) is 0 Å². The normalized spacial score (nSPS) is 3.60. The summed E-state index contributed by atoms with van der Waals surface area (Å²) in [5.41, 5.74) is 0. The SMILES string of the molecule is ClOCl.[La].[Tb]. The van der Waals surface area contributed by atoms with Crippen LogP contribution in [0.4, 0.5) is 0 Å². The van der Waals surface area contributed by atoms with Crippen molar-refractivity contribution >= 4 is 23.7 Å². The monoisotopic (exact) mass is 384 g/mol. The maximum absolute atomic E-state index is 4.26. The first kappa shape index (κ1) is 15.7. The van der Waals surface area contributed by atoms with Crippen LogP contribution in [-0.2, 0) is 3.84 Å². The van der Waals surface area contributed by atoms with Gasteiger partial charge in [0.05, 0.1) is 23.7 Å². The van der Waals surface area contributed by atoms with Crippen LogP contribution >= 0.6 is 23.7 Å². The van der Waals surface area contributed by atoms with Crippen LogP contribution in [0.3, 0.4) is 0 Å². The molecule has 0 aromatic carbocycles. The van der Waals surface area contributed by atoms with Crippen LogP contribution in [0.2, 0.25) is 0 Å². The molecule has 0 fully saturated rings. The average Bonchev–Trinajstić information content (AvgIpc) is 0.918. The Kier molecular flexibility index (Phi) is 49.4. The molecule has 32 valence electrons. The van der Waals surface area contributed by atoms with Crippen molar-refractivity contribution in [3.8, 4) is 0 Å². The van der Waals surface area contributed by atoms with Gasteiger partial charge < -0.3 is 0 Å². The Morgan fingerprint density at radius 2 is 1.20 bits per heavy atom. The van der Waals surface area contributed by atoms with Gasteiger partial charge in [-0.25, -0.2) is 0 Å². The molecule has 5 heavy (non-hydrogen) atoms. The quantitative estimate of drug-likeness (QED) is 0.612. The molecule has 0 aliphatic carbocycles. The first-order chi connectivity index (χ1) is 1.41. The molecule has 0 atom stereocenters. The molecule has 0 saturated carbocycles. The molecule has 0 saturated heterocycles. The fourth-order valence-corrected chi connectivity index (χ4v) is 0. The molecule has 0 spiro atoms. The summed E-state index contributed by atoms with van der Waals surface area (Å²) >= 11 is 8.53. The second-order valence-corrected chi connectivity index (χ2v) is 0.525. The number of hydrogen-bond donors (Lipinski definition) is 0. The first-order valence-corrected chi connectivity index (χ1v) is 0.926. The maximum atomic E-state index is 4.26. The Morgan fingerprint density at radius 3 is 1.20 bits per heavy atom. The largest absolute Gasteiger partial charge is 0.166 e. The minimum absolute atomic E-state index is 0. The number of hydrogen-bond acceptors (Lipinski definition) is 1. The molecule has 0 unspecified atom stereocenters. The molecule has 5 heteroatoms. The standard InChI is InChI=1S/Cl2O.La.Tb/c1-3-2;;. The second kappa shape index (κ2) is 15.7. The van der Waals surface area contributed by atoms with Crippen LogP contribution in [0.1, 0.15) is 0 Å². The van der Waals surface area contributed by atoms with Gasteiger partial charge in [0.15, 0.2) is 0 Å². The van der Waals surface area contributed by atoms with Crippen LogP contribution in [-0.4, -0.2) is 0 Å². The molecule has 0 heterocycles. The summed E-state index contributed by atoms with van der Waals surface area (Å²) in [5.74, 6) is 0. The van der Waals surface area contributed by atoms with Crippen molar-refractivity contribution < 1.29 is 78.1 Å². The van der Waals surface area contributed by atoms with Crippen molar-refractivity contribution in [2.75, 3.05) is 0 Å². The van der Waals surface area contributed by atoms with Gasteiger partial charge in [-0.05, 0) is 0 Å². The van der Waals surface area contributed by atoms with Gasteiger partial charge >= 0.3 is 0 Å². The number of rotatable bonds is 0. The molecule has 0 aromatic rings. The Hall–Kier alpha value is 3.02. The van der Waals surface area contributed by atoms with Gasteiger partial charge in [-0.15, -0.1) is 0 Å². The third kappa shape index (κ3) is 19.4. The van der Waals surface area contributed by atoms with E-state index in [1.54, 1.807) is 0 Å². The van der Waals surface area contributed by atoms with E-state index in [-0.39, 0.29) is 74.2 Å². The summed E-state index contributed by atoms with van der Waals surface area (Å²) in [7, 11) is 0. The summed E-state index contributed by atoms with van der Waals surface area (Å²) in [4.78, 5) is 0. The van der Waals surface area contributed by atoms with Crippen molar-refractivity contribution in [3.63, 3.8) is 0 Å². The Morgan fingerprint density at radius 1 is 1.20 bits per heavy atom. The molecule has 0 rings (SSSR count). The summed E-state index contributed by atoms with van der Waals surface area (Å²) in [6.07, 6.45) is 0. The first-order valence-electron chi connectivity index (χ1n) is 0.309. The summed E-state index contributed by atoms with van der Waals surface area (Å²) in [6, 6.07) is 0. The summed E-state index contributed by atoms with van der Waals surface area (Å²) < 4.78 is 3.19. The molecule has 1 nitrogen and oxygen atoms in total. The fraction of sp³-hybridized carbons (Fsp3) is 0. The third-order valence-electron chi connectivity index (χ3n) is 0. The number of halogens is 2. The maximum Gasteiger partial charge on any atom is 0.0832 e. The zero-order chi connectivity index (χ0) is 2.71. The molecule has 2 radical (unpaired) electrons. The van der Waals surface area contributed by atoms with E-state index >= 15 is 0 Å². The fourth-order valence-electron chi connectivity index (χ4n) is 0. The van der Waals surface area contributed by atoms with Crippen LogP contribution in [0.5, 0.6) is 0 Å². The minimum atomic E-state index is 0. The Bertz CT molecular complexity index is 9.61. The third-order valence-corrected chi connectivity index (χ3v) is 0.